The van der Waals surface area contributed by atoms with Crippen LogP contribution < -0.4 is 10.1 Å². The molecule has 2 saturated heterocycles. The quantitative estimate of drug-likeness (QED) is 0.879. The molecule has 1 N–H and O–H groups in total. The maximum absolute atomic E-state index is 5.40. The molecule has 0 bridgehead atoms. The van der Waals surface area contributed by atoms with Crippen LogP contribution in [-0.2, 0) is 6.54 Å². The first-order valence-electron chi connectivity index (χ1n) is 6.98. The Morgan fingerprint density at radius 1 is 1.28 bits per heavy atom. The van der Waals surface area contributed by atoms with E-state index in [1.54, 1.807) is 7.11 Å². The van der Waals surface area contributed by atoms with Gasteiger partial charge in [0.1, 0.15) is 5.75 Å². The highest BCUT2D eigenvalue weighted by molar-refractivity contribution is 5.33. The predicted molar refractivity (Wildman–Crippen MR) is 72.8 cm³/mol. The van der Waals surface area contributed by atoms with E-state index in [9.17, 15) is 0 Å². The molecule has 3 heteroatoms. The first-order valence-corrected chi connectivity index (χ1v) is 6.98. The normalized spacial score (nSPS) is 27.4. The lowest BCUT2D eigenvalue weighted by atomic mass is 10.1. The van der Waals surface area contributed by atoms with Gasteiger partial charge in [0.05, 0.1) is 7.11 Å². The van der Waals surface area contributed by atoms with Gasteiger partial charge in [0.2, 0.25) is 0 Å². The van der Waals surface area contributed by atoms with Crippen LogP contribution in [0.1, 0.15) is 24.8 Å². The minimum Gasteiger partial charge on any atom is -0.496 e. The number of rotatable bonds is 4. The monoisotopic (exact) mass is 246 g/mol. The summed E-state index contributed by atoms with van der Waals surface area (Å²) in [5.41, 5.74) is 1.26. The SMILES string of the molecule is COc1ccccc1CNC1CCN2CCCC12. The molecule has 3 nitrogen and oxygen atoms in total. The maximum atomic E-state index is 5.40. The smallest absolute Gasteiger partial charge is 0.123 e. The zero-order valence-electron chi connectivity index (χ0n) is 11.1. The summed E-state index contributed by atoms with van der Waals surface area (Å²) >= 11 is 0. The van der Waals surface area contributed by atoms with Crippen LogP contribution in [0.4, 0.5) is 0 Å². The molecule has 1 aromatic rings. The number of ether oxygens (including phenoxy) is 1. The molecule has 0 spiro atoms. The summed E-state index contributed by atoms with van der Waals surface area (Å²) in [6.07, 6.45) is 4.03. The molecule has 0 radical (unpaired) electrons. The second-order valence-corrected chi connectivity index (χ2v) is 5.33. The molecular formula is C15H22N2O. The van der Waals surface area contributed by atoms with Crippen molar-refractivity contribution in [2.75, 3.05) is 20.2 Å². The Bertz CT molecular complexity index is 407. The van der Waals surface area contributed by atoms with Crippen LogP contribution in [0.25, 0.3) is 0 Å². The van der Waals surface area contributed by atoms with Gasteiger partial charge in [-0.2, -0.15) is 0 Å². The molecule has 0 saturated carbocycles. The van der Waals surface area contributed by atoms with Crippen molar-refractivity contribution in [3.63, 3.8) is 0 Å². The number of methoxy groups -OCH3 is 1. The molecule has 2 atom stereocenters. The van der Waals surface area contributed by atoms with Gasteiger partial charge in [-0.1, -0.05) is 18.2 Å². The number of nitrogens with zero attached hydrogens (tertiary/aromatic N) is 1. The van der Waals surface area contributed by atoms with Crippen LogP contribution in [0.5, 0.6) is 5.75 Å². The zero-order valence-corrected chi connectivity index (χ0v) is 11.1. The zero-order chi connectivity index (χ0) is 12.4. The number of hydrogen-bond donors (Lipinski definition) is 1. The Morgan fingerprint density at radius 3 is 3.06 bits per heavy atom. The van der Waals surface area contributed by atoms with Gasteiger partial charge in [0.15, 0.2) is 0 Å². The van der Waals surface area contributed by atoms with Crippen LogP contribution in [0.3, 0.4) is 0 Å². The lowest BCUT2D eigenvalue weighted by Crippen LogP contribution is -2.38. The first-order chi connectivity index (χ1) is 8.88. The van der Waals surface area contributed by atoms with E-state index in [1.165, 1.54) is 37.9 Å². The fraction of sp³-hybridized carbons (Fsp3) is 0.600. The second-order valence-electron chi connectivity index (χ2n) is 5.33. The van der Waals surface area contributed by atoms with E-state index in [0.717, 1.165) is 18.3 Å². The van der Waals surface area contributed by atoms with Crippen LogP contribution in [0.2, 0.25) is 0 Å². The highest BCUT2D eigenvalue weighted by Gasteiger charge is 2.36. The molecule has 0 aromatic heterocycles. The van der Waals surface area contributed by atoms with Crippen LogP contribution in [-0.4, -0.2) is 37.2 Å². The topological polar surface area (TPSA) is 24.5 Å². The van der Waals surface area contributed by atoms with Gasteiger partial charge in [-0.15, -0.1) is 0 Å². The van der Waals surface area contributed by atoms with E-state index in [4.69, 9.17) is 4.74 Å². The molecule has 2 heterocycles. The number of nitrogens with one attached hydrogen (secondary N) is 1. The fourth-order valence-electron chi connectivity index (χ4n) is 3.41. The summed E-state index contributed by atoms with van der Waals surface area (Å²) in [5.74, 6) is 0.992. The summed E-state index contributed by atoms with van der Waals surface area (Å²) in [5, 5.41) is 3.72. The largest absolute Gasteiger partial charge is 0.496 e. The Hall–Kier alpha value is -1.06. The van der Waals surface area contributed by atoms with Gasteiger partial charge in [-0.25, -0.2) is 0 Å². The number of para-hydroxylation sites is 1. The van der Waals surface area contributed by atoms with Gasteiger partial charge >= 0.3 is 0 Å². The van der Waals surface area contributed by atoms with E-state index in [1.807, 2.05) is 12.1 Å². The minimum atomic E-state index is 0.664. The third-order valence-electron chi connectivity index (χ3n) is 4.35. The summed E-state index contributed by atoms with van der Waals surface area (Å²) in [6.45, 7) is 3.49. The van der Waals surface area contributed by atoms with Gasteiger partial charge in [0, 0.05) is 30.7 Å². The van der Waals surface area contributed by atoms with E-state index >= 15 is 0 Å². The average Bonchev–Trinajstić information content (AvgIpc) is 3.00. The summed E-state index contributed by atoms with van der Waals surface area (Å²) < 4.78 is 5.40. The van der Waals surface area contributed by atoms with E-state index in [0.29, 0.717) is 6.04 Å². The van der Waals surface area contributed by atoms with Gasteiger partial charge in [-0.3, -0.25) is 4.90 Å². The molecule has 98 valence electrons. The van der Waals surface area contributed by atoms with Crippen molar-refractivity contribution in [3.8, 4) is 5.75 Å². The Balaban J connectivity index is 1.61. The number of benzene rings is 1. The van der Waals surface area contributed by atoms with Gasteiger partial charge < -0.3 is 10.1 Å². The predicted octanol–water partition coefficient (Wildman–Crippen LogP) is 2.02. The molecule has 0 aliphatic carbocycles. The average molecular weight is 246 g/mol. The Morgan fingerprint density at radius 2 is 2.17 bits per heavy atom. The molecule has 2 unspecified atom stereocenters. The summed E-state index contributed by atoms with van der Waals surface area (Å²) in [4.78, 5) is 2.64. The van der Waals surface area contributed by atoms with Crippen molar-refractivity contribution in [3.05, 3.63) is 29.8 Å². The van der Waals surface area contributed by atoms with E-state index in [2.05, 4.69) is 22.3 Å². The highest BCUT2D eigenvalue weighted by atomic mass is 16.5. The van der Waals surface area contributed by atoms with Gasteiger partial charge in [-0.05, 0) is 31.9 Å². The summed E-state index contributed by atoms with van der Waals surface area (Å²) in [6, 6.07) is 9.73. The van der Waals surface area contributed by atoms with E-state index in [-0.39, 0.29) is 0 Å². The molecule has 1 aromatic carbocycles. The van der Waals surface area contributed by atoms with Crippen molar-refractivity contribution in [2.45, 2.75) is 37.9 Å². The van der Waals surface area contributed by atoms with E-state index < -0.39 is 0 Å². The third kappa shape index (κ3) is 2.25. The summed E-state index contributed by atoms with van der Waals surface area (Å²) in [7, 11) is 1.74. The molecule has 2 aliphatic rings. The molecule has 2 fully saturated rings. The van der Waals surface area contributed by atoms with Crippen molar-refractivity contribution in [2.24, 2.45) is 0 Å². The third-order valence-corrected chi connectivity index (χ3v) is 4.35. The van der Waals surface area contributed by atoms with Crippen molar-refractivity contribution >= 4 is 0 Å². The van der Waals surface area contributed by atoms with Crippen LogP contribution in [0.15, 0.2) is 24.3 Å². The van der Waals surface area contributed by atoms with Crippen LogP contribution in [0, 0.1) is 0 Å². The molecular weight excluding hydrogens is 224 g/mol. The maximum Gasteiger partial charge on any atom is 0.123 e. The lowest BCUT2D eigenvalue weighted by molar-refractivity contribution is 0.298. The second kappa shape index (κ2) is 5.29. The molecule has 2 aliphatic heterocycles. The highest BCUT2D eigenvalue weighted by Crippen LogP contribution is 2.28. The Labute approximate surface area is 109 Å². The van der Waals surface area contributed by atoms with Crippen molar-refractivity contribution in [1.29, 1.82) is 0 Å². The molecule has 3 rings (SSSR count). The lowest BCUT2D eigenvalue weighted by Gasteiger charge is -2.21. The number of hydrogen-bond acceptors (Lipinski definition) is 3. The van der Waals surface area contributed by atoms with Crippen LogP contribution >= 0.6 is 0 Å². The number of fused-ring (bicyclic) bond motifs is 1. The fourth-order valence-corrected chi connectivity index (χ4v) is 3.41. The minimum absolute atomic E-state index is 0.664. The van der Waals surface area contributed by atoms with Crippen molar-refractivity contribution in [1.82, 2.24) is 10.2 Å². The van der Waals surface area contributed by atoms with Crippen molar-refractivity contribution < 1.29 is 4.74 Å². The Kier molecular flexibility index (Phi) is 3.52. The first kappa shape index (κ1) is 12.0. The molecule has 18 heavy (non-hydrogen) atoms. The van der Waals surface area contributed by atoms with Gasteiger partial charge in [0.25, 0.3) is 0 Å². The standard InChI is InChI=1S/C15H22N2O/c1-18-15-7-3-2-5-12(15)11-16-13-8-10-17-9-4-6-14(13)17/h2-3,5,7,13-14,16H,4,6,8-11H2,1H3. The molecule has 0 amide bonds.